The highest BCUT2D eigenvalue weighted by Crippen LogP contribution is 2.26. The van der Waals surface area contributed by atoms with Gasteiger partial charge in [-0.25, -0.2) is 0 Å². The lowest BCUT2D eigenvalue weighted by Crippen LogP contribution is -2.50. The van der Waals surface area contributed by atoms with Gasteiger partial charge in [-0.3, -0.25) is 9.59 Å². The first-order chi connectivity index (χ1) is 13.4. The maximum absolute atomic E-state index is 12.7. The third-order valence-corrected chi connectivity index (χ3v) is 5.43. The van der Waals surface area contributed by atoms with Gasteiger partial charge in [-0.05, 0) is 56.2 Å². The zero-order valence-electron chi connectivity index (χ0n) is 15.8. The topological polar surface area (TPSA) is 52.7 Å². The van der Waals surface area contributed by atoms with Crippen molar-refractivity contribution >= 4 is 17.5 Å². The second kappa shape index (κ2) is 8.84. The third kappa shape index (κ3) is 4.97. The van der Waals surface area contributed by atoms with Crippen LogP contribution in [0.15, 0.2) is 24.3 Å². The van der Waals surface area contributed by atoms with Crippen LogP contribution < -0.4 is 10.2 Å². The van der Waals surface area contributed by atoms with Gasteiger partial charge >= 0.3 is 12.1 Å². The summed E-state index contributed by atoms with van der Waals surface area (Å²) in [5.41, 5.74) is 2.25. The molecule has 0 aliphatic carbocycles. The molecule has 0 radical (unpaired) electrons. The molecule has 0 spiro atoms. The quantitative estimate of drug-likeness (QED) is 0.831. The number of piperidine rings is 1. The highest BCUT2D eigenvalue weighted by molar-refractivity contribution is 5.90. The Morgan fingerprint density at radius 1 is 1.00 bits per heavy atom. The van der Waals surface area contributed by atoms with Gasteiger partial charge in [0.15, 0.2) is 0 Å². The van der Waals surface area contributed by atoms with Crippen LogP contribution in [0.2, 0.25) is 0 Å². The summed E-state index contributed by atoms with van der Waals surface area (Å²) in [6.07, 6.45) is 0.00781. The van der Waals surface area contributed by atoms with E-state index in [1.807, 2.05) is 12.1 Å². The Morgan fingerprint density at radius 2 is 1.68 bits per heavy atom. The second-order valence-corrected chi connectivity index (χ2v) is 7.41. The Labute approximate surface area is 162 Å². The number of anilines is 1. The Morgan fingerprint density at radius 3 is 2.32 bits per heavy atom. The summed E-state index contributed by atoms with van der Waals surface area (Å²) in [6, 6.07) is 7.15. The Balaban J connectivity index is 1.47. The number of carbonyl (C=O) groups excluding carboxylic acids is 2. The van der Waals surface area contributed by atoms with Crippen molar-refractivity contribution in [2.24, 2.45) is 0 Å². The molecule has 0 aromatic heterocycles. The summed E-state index contributed by atoms with van der Waals surface area (Å²) in [5, 5.41) is 2.68. The number of rotatable bonds is 5. The van der Waals surface area contributed by atoms with Crippen molar-refractivity contribution in [3.05, 3.63) is 29.8 Å². The summed E-state index contributed by atoms with van der Waals surface area (Å²) < 4.78 is 38.0. The molecule has 2 heterocycles. The fraction of sp³-hybridized carbons (Fsp3) is 0.600. The van der Waals surface area contributed by atoms with E-state index < -0.39 is 24.0 Å². The van der Waals surface area contributed by atoms with E-state index >= 15 is 0 Å². The normalized spacial score (nSPS) is 20.3. The third-order valence-electron chi connectivity index (χ3n) is 5.43. The SMILES string of the molecule is O=C(NCCc1ccc(N2CCCCC2)cc1)C1CCCN1C(=O)C(F)(F)F. The molecule has 0 bridgehead atoms. The summed E-state index contributed by atoms with van der Waals surface area (Å²) in [7, 11) is 0. The number of nitrogens with one attached hydrogen (secondary N) is 1. The number of nitrogens with zero attached hydrogens (tertiary/aromatic N) is 2. The highest BCUT2D eigenvalue weighted by atomic mass is 19.4. The molecular weight excluding hydrogens is 371 g/mol. The van der Waals surface area contributed by atoms with Gasteiger partial charge in [0.1, 0.15) is 6.04 Å². The Hall–Kier alpha value is -2.25. The smallest absolute Gasteiger partial charge is 0.372 e. The molecule has 8 heteroatoms. The van der Waals surface area contributed by atoms with E-state index in [1.165, 1.54) is 24.9 Å². The van der Waals surface area contributed by atoms with Crippen LogP contribution >= 0.6 is 0 Å². The molecule has 28 heavy (non-hydrogen) atoms. The van der Waals surface area contributed by atoms with Gasteiger partial charge in [-0.15, -0.1) is 0 Å². The van der Waals surface area contributed by atoms with Crippen LogP contribution in [0.5, 0.6) is 0 Å². The number of likely N-dealkylation sites (tertiary alicyclic amines) is 1. The molecule has 0 saturated carbocycles. The van der Waals surface area contributed by atoms with Gasteiger partial charge in [0.05, 0.1) is 0 Å². The van der Waals surface area contributed by atoms with Crippen molar-refractivity contribution in [2.45, 2.75) is 50.7 Å². The second-order valence-electron chi connectivity index (χ2n) is 7.41. The van der Waals surface area contributed by atoms with Crippen LogP contribution in [0.4, 0.5) is 18.9 Å². The summed E-state index contributed by atoms with van der Waals surface area (Å²) in [5.74, 6) is -2.45. The van der Waals surface area contributed by atoms with Gasteiger partial charge in [-0.1, -0.05) is 12.1 Å². The Bertz CT molecular complexity index is 685. The molecular formula is C20H26F3N3O2. The fourth-order valence-corrected chi connectivity index (χ4v) is 3.92. The lowest BCUT2D eigenvalue weighted by atomic mass is 10.1. The van der Waals surface area contributed by atoms with Crippen LogP contribution in [-0.2, 0) is 16.0 Å². The molecule has 1 aromatic rings. The monoisotopic (exact) mass is 397 g/mol. The van der Waals surface area contributed by atoms with E-state index in [-0.39, 0.29) is 13.0 Å². The van der Waals surface area contributed by atoms with Crippen molar-refractivity contribution in [2.75, 3.05) is 31.1 Å². The number of halogens is 3. The highest BCUT2D eigenvalue weighted by Gasteiger charge is 2.47. The van der Waals surface area contributed by atoms with Gasteiger partial charge in [-0.2, -0.15) is 13.2 Å². The molecule has 3 rings (SSSR count). The van der Waals surface area contributed by atoms with Gasteiger partial charge in [0.25, 0.3) is 0 Å². The standard InChI is InChI=1S/C20H26F3N3O2/c21-20(22,23)19(28)26-14-4-5-17(26)18(27)24-11-10-15-6-8-16(9-7-15)25-12-2-1-3-13-25/h6-9,17H,1-5,10-14H2,(H,24,27). The lowest BCUT2D eigenvalue weighted by Gasteiger charge is -2.28. The van der Waals surface area contributed by atoms with Crippen LogP contribution in [0.3, 0.4) is 0 Å². The number of alkyl halides is 3. The van der Waals surface area contributed by atoms with E-state index in [0.717, 1.165) is 18.7 Å². The summed E-state index contributed by atoms with van der Waals surface area (Å²) in [4.78, 5) is 26.7. The first kappa shape index (κ1) is 20.5. The minimum atomic E-state index is -4.95. The molecule has 1 atom stereocenters. The van der Waals surface area contributed by atoms with Crippen LogP contribution in [0.25, 0.3) is 0 Å². The molecule has 2 amide bonds. The minimum Gasteiger partial charge on any atom is -0.372 e. The van der Waals surface area contributed by atoms with E-state index in [4.69, 9.17) is 0 Å². The largest absolute Gasteiger partial charge is 0.471 e. The molecule has 1 unspecified atom stereocenters. The van der Waals surface area contributed by atoms with Gasteiger partial charge in [0, 0.05) is 31.9 Å². The molecule has 1 N–H and O–H groups in total. The van der Waals surface area contributed by atoms with E-state index in [2.05, 4.69) is 22.3 Å². The maximum Gasteiger partial charge on any atom is 0.471 e. The van der Waals surface area contributed by atoms with Crippen molar-refractivity contribution in [1.82, 2.24) is 10.2 Å². The van der Waals surface area contributed by atoms with E-state index in [9.17, 15) is 22.8 Å². The van der Waals surface area contributed by atoms with E-state index in [1.54, 1.807) is 0 Å². The van der Waals surface area contributed by atoms with Gasteiger partial charge in [0.2, 0.25) is 5.91 Å². The first-order valence-electron chi connectivity index (χ1n) is 9.85. The van der Waals surface area contributed by atoms with Gasteiger partial charge < -0.3 is 15.1 Å². The predicted octanol–water partition coefficient (Wildman–Crippen LogP) is 2.89. The van der Waals surface area contributed by atoms with Crippen molar-refractivity contribution in [3.8, 4) is 0 Å². The first-order valence-corrected chi connectivity index (χ1v) is 9.85. The molecule has 154 valence electrons. The zero-order chi connectivity index (χ0) is 20.1. The lowest BCUT2D eigenvalue weighted by molar-refractivity contribution is -0.186. The zero-order valence-corrected chi connectivity index (χ0v) is 15.8. The molecule has 2 aliphatic rings. The number of benzene rings is 1. The molecule has 5 nitrogen and oxygen atoms in total. The molecule has 2 aliphatic heterocycles. The van der Waals surface area contributed by atoms with Crippen molar-refractivity contribution in [3.63, 3.8) is 0 Å². The van der Waals surface area contributed by atoms with E-state index in [0.29, 0.717) is 24.3 Å². The molecule has 2 saturated heterocycles. The minimum absolute atomic E-state index is 0.0333. The molecule has 1 aromatic carbocycles. The number of hydrogen-bond acceptors (Lipinski definition) is 3. The Kier molecular flexibility index (Phi) is 6.46. The maximum atomic E-state index is 12.7. The van der Waals surface area contributed by atoms with Crippen molar-refractivity contribution < 1.29 is 22.8 Å². The number of amides is 2. The average Bonchev–Trinajstić information content (AvgIpc) is 3.17. The summed E-state index contributed by atoms with van der Waals surface area (Å²) in [6.45, 7) is 2.44. The summed E-state index contributed by atoms with van der Waals surface area (Å²) >= 11 is 0. The van der Waals surface area contributed by atoms with Crippen molar-refractivity contribution in [1.29, 1.82) is 0 Å². The number of hydrogen-bond donors (Lipinski definition) is 1. The number of carbonyl (C=O) groups is 2. The van der Waals surface area contributed by atoms with Crippen LogP contribution in [-0.4, -0.2) is 55.1 Å². The van der Waals surface area contributed by atoms with Crippen LogP contribution in [0, 0.1) is 0 Å². The predicted molar refractivity (Wildman–Crippen MR) is 100 cm³/mol. The molecule has 2 fully saturated rings. The average molecular weight is 397 g/mol. The van der Waals surface area contributed by atoms with Crippen LogP contribution in [0.1, 0.15) is 37.7 Å². The fourth-order valence-electron chi connectivity index (χ4n) is 3.92.